The Morgan fingerprint density at radius 2 is 1.65 bits per heavy atom. The molecule has 1 aromatic carbocycles. The quantitative estimate of drug-likeness (QED) is 0.786. The standard InChI is InChI=1S/C13H19ClO2S/c1-10(2)11-5-7-12(8-6-11)13(3,4)9-17(14,15)16/h5-8,10H,9H2,1-4H3. The van der Waals surface area contributed by atoms with Crippen LogP contribution in [0.2, 0.25) is 0 Å². The average molecular weight is 275 g/mol. The van der Waals surface area contributed by atoms with Gasteiger partial charge in [-0.3, -0.25) is 0 Å². The number of hydrogen-bond donors (Lipinski definition) is 0. The summed E-state index contributed by atoms with van der Waals surface area (Å²) in [5, 5.41) is 0. The predicted octanol–water partition coefficient (Wildman–Crippen LogP) is 3.66. The lowest BCUT2D eigenvalue weighted by atomic mass is 9.85. The lowest BCUT2D eigenvalue weighted by molar-refractivity contribution is 0.557. The van der Waals surface area contributed by atoms with Gasteiger partial charge in [0.2, 0.25) is 9.05 Å². The highest BCUT2D eigenvalue weighted by molar-refractivity contribution is 8.13. The van der Waals surface area contributed by atoms with E-state index in [1.54, 1.807) is 0 Å². The van der Waals surface area contributed by atoms with Crippen LogP contribution in [-0.2, 0) is 14.5 Å². The van der Waals surface area contributed by atoms with Gasteiger partial charge in [0.1, 0.15) is 0 Å². The molecule has 1 aromatic rings. The Balaban J connectivity index is 3.00. The zero-order chi connectivity index (χ0) is 13.3. The second kappa shape index (κ2) is 4.99. The van der Waals surface area contributed by atoms with Gasteiger partial charge < -0.3 is 0 Å². The number of benzene rings is 1. The smallest absolute Gasteiger partial charge is 0.212 e. The first-order valence-corrected chi connectivity index (χ1v) is 8.12. The lowest BCUT2D eigenvalue weighted by Gasteiger charge is -2.24. The molecule has 0 radical (unpaired) electrons. The third kappa shape index (κ3) is 4.32. The van der Waals surface area contributed by atoms with E-state index in [4.69, 9.17) is 10.7 Å². The molecule has 0 N–H and O–H groups in total. The molecule has 17 heavy (non-hydrogen) atoms. The van der Waals surface area contributed by atoms with Gasteiger partial charge in [0.25, 0.3) is 0 Å². The molecule has 0 aliphatic heterocycles. The topological polar surface area (TPSA) is 34.1 Å². The summed E-state index contributed by atoms with van der Waals surface area (Å²) in [6.07, 6.45) is 0. The Morgan fingerprint density at radius 1 is 1.18 bits per heavy atom. The first kappa shape index (κ1) is 14.5. The summed E-state index contributed by atoms with van der Waals surface area (Å²) in [4.78, 5) is 0. The van der Waals surface area contributed by atoms with Crippen molar-refractivity contribution in [2.45, 2.75) is 39.0 Å². The molecule has 0 atom stereocenters. The predicted molar refractivity (Wildman–Crippen MR) is 73.2 cm³/mol. The second-order valence-corrected chi connectivity index (χ2v) is 8.12. The van der Waals surface area contributed by atoms with Crippen molar-refractivity contribution in [1.82, 2.24) is 0 Å². The van der Waals surface area contributed by atoms with E-state index in [2.05, 4.69) is 13.8 Å². The third-order valence-corrected chi connectivity index (χ3v) is 4.29. The minimum Gasteiger partial charge on any atom is -0.212 e. The summed E-state index contributed by atoms with van der Waals surface area (Å²) < 4.78 is 22.3. The van der Waals surface area contributed by atoms with Gasteiger partial charge in [0.15, 0.2) is 0 Å². The second-order valence-electron chi connectivity index (χ2n) is 5.34. The molecule has 0 unspecified atom stereocenters. The third-order valence-electron chi connectivity index (χ3n) is 2.89. The molecule has 96 valence electrons. The Morgan fingerprint density at radius 3 is 2.00 bits per heavy atom. The van der Waals surface area contributed by atoms with E-state index in [0.29, 0.717) is 5.92 Å². The zero-order valence-electron chi connectivity index (χ0n) is 10.7. The lowest BCUT2D eigenvalue weighted by Crippen LogP contribution is -2.25. The molecule has 0 bridgehead atoms. The van der Waals surface area contributed by atoms with Crippen LogP contribution in [0.1, 0.15) is 44.7 Å². The summed E-state index contributed by atoms with van der Waals surface area (Å²) in [5.41, 5.74) is 1.78. The van der Waals surface area contributed by atoms with Gasteiger partial charge in [-0.2, -0.15) is 0 Å². The molecule has 0 spiro atoms. The molecule has 0 saturated carbocycles. The van der Waals surface area contributed by atoms with Gasteiger partial charge >= 0.3 is 0 Å². The van der Waals surface area contributed by atoms with Crippen LogP contribution in [0.5, 0.6) is 0 Å². The van der Waals surface area contributed by atoms with Crippen molar-refractivity contribution in [2.24, 2.45) is 0 Å². The highest BCUT2D eigenvalue weighted by Gasteiger charge is 2.26. The largest absolute Gasteiger partial charge is 0.233 e. The van der Waals surface area contributed by atoms with E-state index in [1.165, 1.54) is 5.56 Å². The van der Waals surface area contributed by atoms with E-state index >= 15 is 0 Å². The van der Waals surface area contributed by atoms with Crippen molar-refractivity contribution < 1.29 is 8.42 Å². The van der Waals surface area contributed by atoms with Crippen LogP contribution < -0.4 is 0 Å². The summed E-state index contributed by atoms with van der Waals surface area (Å²) >= 11 is 0. The van der Waals surface area contributed by atoms with E-state index in [9.17, 15) is 8.42 Å². The van der Waals surface area contributed by atoms with Gasteiger partial charge in [0, 0.05) is 16.1 Å². The van der Waals surface area contributed by atoms with Gasteiger partial charge in [-0.25, -0.2) is 8.42 Å². The fourth-order valence-corrected chi connectivity index (χ4v) is 3.68. The fraction of sp³-hybridized carbons (Fsp3) is 0.538. The highest BCUT2D eigenvalue weighted by atomic mass is 35.7. The molecular weight excluding hydrogens is 256 g/mol. The van der Waals surface area contributed by atoms with Gasteiger partial charge in [0.05, 0.1) is 5.75 Å². The molecule has 0 aliphatic rings. The van der Waals surface area contributed by atoms with Crippen molar-refractivity contribution in [3.05, 3.63) is 35.4 Å². The molecule has 0 fully saturated rings. The summed E-state index contributed by atoms with van der Waals surface area (Å²) in [6, 6.07) is 8.06. The molecular formula is C13H19ClO2S. The van der Waals surface area contributed by atoms with Crippen molar-refractivity contribution >= 4 is 19.7 Å². The summed E-state index contributed by atoms with van der Waals surface area (Å²) in [7, 11) is 1.84. The Hall–Kier alpha value is -0.540. The van der Waals surface area contributed by atoms with Crippen LogP contribution in [-0.4, -0.2) is 14.2 Å². The van der Waals surface area contributed by atoms with Crippen molar-refractivity contribution in [1.29, 1.82) is 0 Å². The van der Waals surface area contributed by atoms with Gasteiger partial charge in [-0.15, -0.1) is 0 Å². The van der Waals surface area contributed by atoms with E-state index < -0.39 is 14.5 Å². The van der Waals surface area contributed by atoms with Crippen LogP contribution in [0.3, 0.4) is 0 Å². The van der Waals surface area contributed by atoms with Crippen LogP contribution in [0.15, 0.2) is 24.3 Å². The Bertz CT molecular complexity index is 473. The normalized spacial score (nSPS) is 13.1. The van der Waals surface area contributed by atoms with E-state index in [0.717, 1.165) is 5.56 Å². The highest BCUT2D eigenvalue weighted by Crippen LogP contribution is 2.27. The first-order valence-electron chi connectivity index (χ1n) is 5.64. The SMILES string of the molecule is CC(C)c1ccc(C(C)(C)CS(=O)(=O)Cl)cc1. The fourth-order valence-electron chi connectivity index (χ4n) is 1.83. The van der Waals surface area contributed by atoms with Crippen LogP contribution in [0.4, 0.5) is 0 Å². The summed E-state index contributed by atoms with van der Waals surface area (Å²) in [5.74, 6) is 0.423. The van der Waals surface area contributed by atoms with E-state index in [-0.39, 0.29) is 5.75 Å². The van der Waals surface area contributed by atoms with Crippen molar-refractivity contribution in [3.63, 3.8) is 0 Å². The van der Waals surface area contributed by atoms with Crippen LogP contribution in [0.25, 0.3) is 0 Å². The maximum atomic E-state index is 11.2. The van der Waals surface area contributed by atoms with Gasteiger partial charge in [-0.1, -0.05) is 52.0 Å². The van der Waals surface area contributed by atoms with Crippen molar-refractivity contribution in [3.8, 4) is 0 Å². The molecule has 1 rings (SSSR count). The minimum atomic E-state index is -3.48. The molecule has 0 heterocycles. The van der Waals surface area contributed by atoms with Crippen LogP contribution >= 0.6 is 10.7 Å². The van der Waals surface area contributed by atoms with E-state index in [1.807, 2.05) is 38.1 Å². The van der Waals surface area contributed by atoms with Gasteiger partial charge in [-0.05, 0) is 17.0 Å². The molecule has 0 aromatic heterocycles. The van der Waals surface area contributed by atoms with Crippen molar-refractivity contribution in [2.75, 3.05) is 5.75 Å². The summed E-state index contributed by atoms with van der Waals surface area (Å²) in [6.45, 7) is 8.03. The zero-order valence-corrected chi connectivity index (χ0v) is 12.3. The maximum absolute atomic E-state index is 11.2. The number of halogens is 1. The Labute approximate surface area is 108 Å². The Kier molecular flexibility index (Phi) is 4.26. The molecule has 0 amide bonds. The molecule has 2 nitrogen and oxygen atoms in total. The number of hydrogen-bond acceptors (Lipinski definition) is 2. The molecule has 0 saturated heterocycles. The average Bonchev–Trinajstić information content (AvgIpc) is 2.14. The monoisotopic (exact) mass is 274 g/mol. The first-order chi connectivity index (χ1) is 7.62. The molecule has 4 heteroatoms. The number of rotatable bonds is 4. The molecule has 0 aliphatic carbocycles. The maximum Gasteiger partial charge on any atom is 0.233 e. The minimum absolute atomic E-state index is 0.0530. The van der Waals surface area contributed by atoms with Crippen LogP contribution in [0, 0.1) is 0 Å².